The Morgan fingerprint density at radius 1 is 1.05 bits per heavy atom. The summed E-state index contributed by atoms with van der Waals surface area (Å²) in [5.74, 6) is 2.34. The summed E-state index contributed by atoms with van der Waals surface area (Å²) >= 11 is 3.47. The molecule has 2 rings (SSSR count). The van der Waals surface area contributed by atoms with Gasteiger partial charge in [0.2, 0.25) is 0 Å². The average molecular weight is 319 g/mol. The van der Waals surface area contributed by atoms with Gasteiger partial charge in [-0.15, -0.1) is 0 Å². The molecule has 0 heterocycles. The predicted molar refractivity (Wildman–Crippen MR) is 84.4 cm³/mol. The summed E-state index contributed by atoms with van der Waals surface area (Å²) in [6.07, 6.45) is 0. The first-order chi connectivity index (χ1) is 9.11. The maximum absolute atomic E-state index is 6.09. The lowest BCUT2D eigenvalue weighted by molar-refractivity contribution is 0.469. The molecule has 0 fully saturated rings. The minimum Gasteiger partial charge on any atom is -0.457 e. The van der Waals surface area contributed by atoms with E-state index in [2.05, 4.69) is 61.0 Å². The summed E-state index contributed by atoms with van der Waals surface area (Å²) in [7, 11) is 0. The number of ether oxygens (including phenoxy) is 1. The number of aryl methyl sites for hydroxylation is 1. The van der Waals surface area contributed by atoms with Crippen LogP contribution in [0.15, 0.2) is 42.5 Å². The van der Waals surface area contributed by atoms with Crippen molar-refractivity contribution in [2.45, 2.75) is 32.0 Å². The second-order valence-corrected chi connectivity index (χ2v) is 5.59. The lowest BCUT2D eigenvalue weighted by atomic mass is 10.0. The quantitative estimate of drug-likeness (QED) is 0.647. The molecule has 0 saturated carbocycles. The summed E-state index contributed by atoms with van der Waals surface area (Å²) in [5, 5.41) is 0.872. The molecule has 0 N–H and O–H groups in total. The highest BCUT2D eigenvalue weighted by Crippen LogP contribution is 2.32. The largest absolute Gasteiger partial charge is 0.457 e. The molecule has 2 aromatic rings. The lowest BCUT2D eigenvalue weighted by Crippen LogP contribution is -1.95. The van der Waals surface area contributed by atoms with Crippen LogP contribution in [0.4, 0.5) is 0 Å². The van der Waals surface area contributed by atoms with Gasteiger partial charge in [-0.2, -0.15) is 0 Å². The number of rotatable bonds is 4. The maximum Gasteiger partial charge on any atom is 0.130 e. The van der Waals surface area contributed by atoms with Crippen molar-refractivity contribution < 1.29 is 4.74 Å². The molecular weight excluding hydrogens is 300 g/mol. The van der Waals surface area contributed by atoms with Crippen LogP contribution in [-0.4, -0.2) is 0 Å². The molecule has 19 heavy (non-hydrogen) atoms. The number of hydrogen-bond acceptors (Lipinski definition) is 1. The van der Waals surface area contributed by atoms with Crippen LogP contribution in [-0.2, 0) is 5.33 Å². The molecule has 0 spiro atoms. The molecule has 2 aromatic carbocycles. The summed E-state index contributed by atoms with van der Waals surface area (Å²) in [5.41, 5.74) is 3.67. The van der Waals surface area contributed by atoms with Crippen molar-refractivity contribution in [1.82, 2.24) is 0 Å². The van der Waals surface area contributed by atoms with Crippen LogP contribution >= 0.6 is 15.9 Å². The number of halogens is 1. The van der Waals surface area contributed by atoms with Gasteiger partial charge < -0.3 is 4.74 Å². The van der Waals surface area contributed by atoms with Gasteiger partial charge in [0.05, 0.1) is 0 Å². The highest BCUT2D eigenvalue weighted by molar-refractivity contribution is 9.08. The van der Waals surface area contributed by atoms with Gasteiger partial charge in [0.15, 0.2) is 0 Å². The Morgan fingerprint density at radius 2 is 1.79 bits per heavy atom. The van der Waals surface area contributed by atoms with Gasteiger partial charge in [0.25, 0.3) is 0 Å². The van der Waals surface area contributed by atoms with E-state index in [1.165, 1.54) is 11.1 Å². The Morgan fingerprint density at radius 3 is 2.42 bits per heavy atom. The van der Waals surface area contributed by atoms with Crippen molar-refractivity contribution in [1.29, 1.82) is 0 Å². The lowest BCUT2D eigenvalue weighted by Gasteiger charge is -2.15. The van der Waals surface area contributed by atoms with Crippen molar-refractivity contribution in [3.8, 4) is 11.5 Å². The van der Waals surface area contributed by atoms with Gasteiger partial charge in [-0.1, -0.05) is 60.1 Å². The molecule has 0 saturated heterocycles. The van der Waals surface area contributed by atoms with Gasteiger partial charge in [0.1, 0.15) is 11.5 Å². The van der Waals surface area contributed by atoms with E-state index in [0.29, 0.717) is 5.92 Å². The Balaban J connectivity index is 2.31. The molecule has 0 unspecified atom stereocenters. The smallest absolute Gasteiger partial charge is 0.130 e. The van der Waals surface area contributed by atoms with Crippen molar-refractivity contribution in [3.63, 3.8) is 0 Å². The molecule has 0 amide bonds. The van der Waals surface area contributed by atoms with Crippen LogP contribution in [0.2, 0.25) is 0 Å². The zero-order chi connectivity index (χ0) is 13.8. The third kappa shape index (κ3) is 3.38. The van der Waals surface area contributed by atoms with Gasteiger partial charge in [-0.05, 0) is 41.7 Å². The van der Waals surface area contributed by atoms with E-state index < -0.39 is 0 Å². The van der Waals surface area contributed by atoms with Gasteiger partial charge in [-0.25, -0.2) is 0 Å². The van der Waals surface area contributed by atoms with E-state index in [-0.39, 0.29) is 0 Å². The first kappa shape index (κ1) is 14.1. The first-order valence-electron chi connectivity index (χ1n) is 6.54. The number of alkyl halides is 1. The molecule has 0 radical (unpaired) electrons. The van der Waals surface area contributed by atoms with E-state index >= 15 is 0 Å². The fraction of sp³-hybridized carbons (Fsp3) is 0.294. The number of para-hydroxylation sites is 1. The number of hydrogen-bond donors (Lipinski definition) is 0. The van der Waals surface area contributed by atoms with Gasteiger partial charge >= 0.3 is 0 Å². The normalized spacial score (nSPS) is 10.8. The third-order valence-electron chi connectivity index (χ3n) is 3.15. The standard InChI is InChI=1S/C17H19BrO/c1-12(2)15-6-4-5-7-17(15)19-16-9-8-14(11-18)10-13(16)3/h4-10,12H,11H2,1-3H3. The number of benzene rings is 2. The Hall–Kier alpha value is -1.28. The van der Waals surface area contributed by atoms with Crippen LogP contribution in [0, 0.1) is 6.92 Å². The van der Waals surface area contributed by atoms with E-state index in [1.807, 2.05) is 18.2 Å². The monoisotopic (exact) mass is 318 g/mol. The molecule has 0 atom stereocenters. The third-order valence-corrected chi connectivity index (χ3v) is 3.80. The summed E-state index contributed by atoms with van der Waals surface area (Å²) < 4.78 is 6.09. The zero-order valence-electron chi connectivity index (χ0n) is 11.6. The van der Waals surface area contributed by atoms with Crippen LogP contribution in [0.1, 0.15) is 36.5 Å². The minimum absolute atomic E-state index is 0.457. The summed E-state index contributed by atoms with van der Waals surface area (Å²) in [6.45, 7) is 6.45. The van der Waals surface area contributed by atoms with Crippen molar-refractivity contribution in [2.75, 3.05) is 0 Å². The fourth-order valence-corrected chi connectivity index (χ4v) is 2.43. The van der Waals surface area contributed by atoms with Crippen LogP contribution in [0.5, 0.6) is 11.5 Å². The summed E-state index contributed by atoms with van der Waals surface area (Å²) in [4.78, 5) is 0. The van der Waals surface area contributed by atoms with Crippen molar-refractivity contribution in [2.24, 2.45) is 0 Å². The molecule has 0 bridgehead atoms. The maximum atomic E-state index is 6.09. The van der Waals surface area contributed by atoms with E-state index in [9.17, 15) is 0 Å². The molecule has 0 aromatic heterocycles. The molecule has 0 aliphatic rings. The fourth-order valence-electron chi connectivity index (χ4n) is 2.08. The SMILES string of the molecule is Cc1cc(CBr)ccc1Oc1ccccc1C(C)C. The molecule has 100 valence electrons. The Bertz CT molecular complexity index is 561. The Labute approximate surface area is 123 Å². The molecule has 2 heteroatoms. The van der Waals surface area contributed by atoms with Crippen molar-refractivity contribution >= 4 is 15.9 Å². The second-order valence-electron chi connectivity index (χ2n) is 5.03. The Kier molecular flexibility index (Phi) is 4.65. The van der Waals surface area contributed by atoms with E-state index in [4.69, 9.17) is 4.74 Å². The van der Waals surface area contributed by atoms with Crippen LogP contribution in [0.25, 0.3) is 0 Å². The van der Waals surface area contributed by atoms with Crippen LogP contribution < -0.4 is 4.74 Å². The average Bonchev–Trinajstić information content (AvgIpc) is 2.41. The second kappa shape index (κ2) is 6.25. The predicted octanol–water partition coefficient (Wildman–Crippen LogP) is 5.81. The van der Waals surface area contributed by atoms with Crippen LogP contribution in [0.3, 0.4) is 0 Å². The van der Waals surface area contributed by atoms with E-state index in [1.54, 1.807) is 0 Å². The van der Waals surface area contributed by atoms with Gasteiger partial charge in [0, 0.05) is 5.33 Å². The highest BCUT2D eigenvalue weighted by atomic mass is 79.9. The molecular formula is C17H19BrO. The van der Waals surface area contributed by atoms with Crippen molar-refractivity contribution in [3.05, 3.63) is 59.2 Å². The zero-order valence-corrected chi connectivity index (χ0v) is 13.2. The molecule has 0 aliphatic heterocycles. The topological polar surface area (TPSA) is 9.23 Å². The minimum atomic E-state index is 0.457. The first-order valence-corrected chi connectivity index (χ1v) is 7.66. The molecule has 0 aliphatic carbocycles. The summed E-state index contributed by atoms with van der Waals surface area (Å²) in [6, 6.07) is 14.5. The van der Waals surface area contributed by atoms with E-state index in [0.717, 1.165) is 22.4 Å². The van der Waals surface area contributed by atoms with Gasteiger partial charge in [-0.3, -0.25) is 0 Å². The molecule has 1 nitrogen and oxygen atoms in total. The highest BCUT2D eigenvalue weighted by Gasteiger charge is 2.09.